The fourth-order valence-corrected chi connectivity index (χ4v) is 2.49. The molecule has 106 valence electrons. The van der Waals surface area contributed by atoms with Crippen molar-refractivity contribution in [2.75, 3.05) is 24.7 Å². The topological polar surface area (TPSA) is 49.3 Å². The summed E-state index contributed by atoms with van der Waals surface area (Å²) in [6.45, 7) is 2.77. The van der Waals surface area contributed by atoms with Crippen molar-refractivity contribution in [3.8, 4) is 0 Å². The van der Waals surface area contributed by atoms with Gasteiger partial charge >= 0.3 is 0 Å². The Kier molecular flexibility index (Phi) is 7.94. The van der Waals surface area contributed by atoms with Gasteiger partial charge in [-0.05, 0) is 35.8 Å². The molecule has 0 aromatic heterocycles. The summed E-state index contributed by atoms with van der Waals surface area (Å²) in [7, 11) is 0. The number of carbonyl (C=O) groups excluding carboxylic acids is 1. The van der Waals surface area contributed by atoms with Crippen molar-refractivity contribution in [2.45, 2.75) is 13.3 Å². The van der Waals surface area contributed by atoms with Crippen LogP contribution < -0.4 is 5.32 Å². The molecule has 5 heteroatoms. The minimum Gasteiger partial charge on any atom is -0.396 e. The zero-order valence-corrected chi connectivity index (χ0v) is 12.6. The van der Waals surface area contributed by atoms with Gasteiger partial charge in [0.05, 0.1) is 5.75 Å². The quantitative estimate of drug-likeness (QED) is 0.775. The van der Waals surface area contributed by atoms with Crippen LogP contribution in [0, 0.1) is 5.92 Å². The first-order valence-electron chi connectivity index (χ1n) is 6.31. The molecule has 0 radical (unpaired) electrons. The van der Waals surface area contributed by atoms with Crippen LogP contribution in [0.1, 0.15) is 12.5 Å². The second-order valence-electron chi connectivity index (χ2n) is 4.53. The van der Waals surface area contributed by atoms with Gasteiger partial charge in [-0.3, -0.25) is 4.79 Å². The van der Waals surface area contributed by atoms with Crippen LogP contribution >= 0.6 is 23.4 Å². The highest BCUT2D eigenvalue weighted by Gasteiger charge is 2.04. The Balaban J connectivity index is 2.11. The number of benzene rings is 1. The molecule has 19 heavy (non-hydrogen) atoms. The van der Waals surface area contributed by atoms with Gasteiger partial charge < -0.3 is 10.4 Å². The van der Waals surface area contributed by atoms with Crippen LogP contribution in [-0.2, 0) is 11.2 Å². The van der Waals surface area contributed by atoms with Crippen molar-refractivity contribution >= 4 is 29.3 Å². The van der Waals surface area contributed by atoms with E-state index < -0.39 is 0 Å². The summed E-state index contributed by atoms with van der Waals surface area (Å²) in [5.74, 6) is 1.54. The molecular formula is C14H20ClNO2S. The molecular weight excluding hydrogens is 282 g/mol. The number of amides is 1. The predicted octanol–water partition coefficient (Wildman–Crippen LogP) is 2.36. The second kappa shape index (κ2) is 9.23. The molecule has 0 saturated carbocycles. The summed E-state index contributed by atoms with van der Waals surface area (Å²) in [4.78, 5) is 11.5. The molecule has 1 aromatic rings. The van der Waals surface area contributed by atoms with E-state index in [0.717, 1.165) is 22.8 Å². The first kappa shape index (κ1) is 16.3. The minimum atomic E-state index is 0.0455. The molecule has 1 amide bonds. The number of nitrogens with one attached hydrogen (secondary N) is 1. The number of halogens is 1. The van der Waals surface area contributed by atoms with Crippen molar-refractivity contribution in [3.63, 3.8) is 0 Å². The van der Waals surface area contributed by atoms with Crippen LogP contribution in [0.15, 0.2) is 24.3 Å². The molecule has 0 bridgehead atoms. The third kappa shape index (κ3) is 7.45. The van der Waals surface area contributed by atoms with Crippen LogP contribution in [0.25, 0.3) is 0 Å². The molecule has 1 unspecified atom stereocenters. The summed E-state index contributed by atoms with van der Waals surface area (Å²) in [6.07, 6.45) is 0.806. The third-order valence-corrected chi connectivity index (χ3v) is 4.12. The maximum Gasteiger partial charge on any atom is 0.230 e. The third-order valence-electron chi connectivity index (χ3n) is 2.60. The van der Waals surface area contributed by atoms with Crippen molar-refractivity contribution in [3.05, 3.63) is 34.9 Å². The van der Waals surface area contributed by atoms with Gasteiger partial charge in [0, 0.05) is 18.2 Å². The Morgan fingerprint density at radius 1 is 1.42 bits per heavy atom. The molecule has 0 spiro atoms. The number of thioether (sulfide) groups is 1. The van der Waals surface area contributed by atoms with E-state index >= 15 is 0 Å². The molecule has 1 aromatic carbocycles. The van der Waals surface area contributed by atoms with E-state index in [4.69, 9.17) is 16.7 Å². The zero-order chi connectivity index (χ0) is 14.1. The molecule has 0 fully saturated rings. The van der Waals surface area contributed by atoms with Gasteiger partial charge in [0.15, 0.2) is 0 Å². The average Bonchev–Trinajstić information content (AvgIpc) is 2.41. The Labute approximate surface area is 123 Å². The van der Waals surface area contributed by atoms with E-state index in [1.54, 1.807) is 11.8 Å². The summed E-state index contributed by atoms with van der Waals surface area (Å²) in [5.41, 5.74) is 1.16. The van der Waals surface area contributed by atoms with E-state index in [1.807, 2.05) is 31.2 Å². The molecule has 0 aliphatic heterocycles. The zero-order valence-electron chi connectivity index (χ0n) is 11.1. The first-order chi connectivity index (χ1) is 9.11. The lowest BCUT2D eigenvalue weighted by molar-refractivity contribution is -0.118. The number of hydrogen-bond donors (Lipinski definition) is 2. The standard InChI is InChI=1S/C14H20ClNO2S/c1-11(8-17)9-19-10-14(18)16-7-6-12-2-4-13(15)5-3-12/h2-5,11,17H,6-10H2,1H3,(H,16,18). The van der Waals surface area contributed by atoms with Crippen LogP contribution in [0.5, 0.6) is 0 Å². The molecule has 0 heterocycles. The van der Waals surface area contributed by atoms with Gasteiger partial charge in [0.25, 0.3) is 0 Å². The van der Waals surface area contributed by atoms with E-state index in [1.165, 1.54) is 0 Å². The van der Waals surface area contributed by atoms with Crippen LogP contribution in [0.3, 0.4) is 0 Å². The van der Waals surface area contributed by atoms with E-state index in [-0.39, 0.29) is 18.4 Å². The maximum atomic E-state index is 11.5. The first-order valence-corrected chi connectivity index (χ1v) is 7.85. The van der Waals surface area contributed by atoms with Gasteiger partial charge in [-0.25, -0.2) is 0 Å². The highest BCUT2D eigenvalue weighted by molar-refractivity contribution is 7.99. The van der Waals surface area contributed by atoms with Gasteiger partial charge in [-0.2, -0.15) is 11.8 Å². The van der Waals surface area contributed by atoms with Crippen molar-refractivity contribution in [2.24, 2.45) is 5.92 Å². The predicted molar refractivity (Wildman–Crippen MR) is 81.7 cm³/mol. The number of aliphatic hydroxyl groups is 1. The molecule has 1 rings (SSSR count). The highest BCUT2D eigenvalue weighted by Crippen LogP contribution is 2.10. The van der Waals surface area contributed by atoms with Crippen molar-refractivity contribution in [1.82, 2.24) is 5.32 Å². The van der Waals surface area contributed by atoms with Gasteiger partial charge in [0.1, 0.15) is 0 Å². The lowest BCUT2D eigenvalue weighted by Gasteiger charge is -2.08. The minimum absolute atomic E-state index is 0.0455. The average molecular weight is 302 g/mol. The molecule has 3 nitrogen and oxygen atoms in total. The van der Waals surface area contributed by atoms with Crippen LogP contribution in [0.2, 0.25) is 5.02 Å². The monoisotopic (exact) mass is 301 g/mol. The van der Waals surface area contributed by atoms with Gasteiger partial charge in [-0.15, -0.1) is 0 Å². The molecule has 0 aliphatic carbocycles. The largest absolute Gasteiger partial charge is 0.396 e. The van der Waals surface area contributed by atoms with Crippen molar-refractivity contribution < 1.29 is 9.90 Å². The smallest absolute Gasteiger partial charge is 0.230 e. The summed E-state index contributed by atoms with van der Waals surface area (Å²) < 4.78 is 0. The maximum absolute atomic E-state index is 11.5. The number of aliphatic hydroxyl groups excluding tert-OH is 1. The number of carbonyl (C=O) groups is 1. The molecule has 2 N–H and O–H groups in total. The fraction of sp³-hybridized carbons (Fsp3) is 0.500. The molecule has 0 saturated heterocycles. The molecule has 0 aliphatic rings. The Bertz CT molecular complexity index is 384. The summed E-state index contributed by atoms with van der Waals surface area (Å²) in [5, 5.41) is 12.5. The fourth-order valence-electron chi connectivity index (χ4n) is 1.45. The number of rotatable bonds is 8. The number of hydrogen-bond acceptors (Lipinski definition) is 3. The van der Waals surface area contributed by atoms with Crippen LogP contribution in [0.4, 0.5) is 0 Å². The normalized spacial score (nSPS) is 12.2. The van der Waals surface area contributed by atoms with Crippen LogP contribution in [-0.4, -0.2) is 35.7 Å². The Morgan fingerprint density at radius 3 is 2.74 bits per heavy atom. The van der Waals surface area contributed by atoms with E-state index in [9.17, 15) is 4.79 Å². The van der Waals surface area contributed by atoms with E-state index in [2.05, 4.69) is 5.32 Å². The van der Waals surface area contributed by atoms with Crippen molar-refractivity contribution in [1.29, 1.82) is 0 Å². The van der Waals surface area contributed by atoms with E-state index in [0.29, 0.717) is 12.3 Å². The Hall–Kier alpha value is -0.710. The SMILES string of the molecule is CC(CO)CSCC(=O)NCCc1ccc(Cl)cc1. The highest BCUT2D eigenvalue weighted by atomic mass is 35.5. The summed E-state index contributed by atoms with van der Waals surface area (Å²) in [6, 6.07) is 7.63. The second-order valence-corrected chi connectivity index (χ2v) is 6.00. The summed E-state index contributed by atoms with van der Waals surface area (Å²) >= 11 is 7.35. The van der Waals surface area contributed by atoms with Gasteiger partial charge in [-0.1, -0.05) is 30.7 Å². The van der Waals surface area contributed by atoms with Gasteiger partial charge in [0.2, 0.25) is 5.91 Å². The lowest BCUT2D eigenvalue weighted by atomic mass is 10.1. The lowest BCUT2D eigenvalue weighted by Crippen LogP contribution is -2.27. The Morgan fingerprint density at radius 2 is 2.11 bits per heavy atom. The molecule has 1 atom stereocenters.